The topological polar surface area (TPSA) is 40.6 Å². The van der Waals surface area contributed by atoms with Gasteiger partial charge < -0.3 is 9.80 Å². The Kier molecular flexibility index (Phi) is 5.63. The second kappa shape index (κ2) is 7.54. The van der Waals surface area contributed by atoms with E-state index in [0.717, 1.165) is 36.4 Å². The number of piperidine rings is 1. The van der Waals surface area contributed by atoms with Crippen molar-refractivity contribution in [2.75, 3.05) is 26.2 Å². The molecular formula is C18H25ClN2O2S. The van der Waals surface area contributed by atoms with Crippen LogP contribution in [0.3, 0.4) is 0 Å². The zero-order valence-corrected chi connectivity index (χ0v) is 15.5. The monoisotopic (exact) mass is 368 g/mol. The van der Waals surface area contributed by atoms with Crippen LogP contribution in [-0.4, -0.2) is 53.7 Å². The predicted octanol–water partition coefficient (Wildman–Crippen LogP) is 3.32. The van der Waals surface area contributed by atoms with Gasteiger partial charge in [0, 0.05) is 25.6 Å². The summed E-state index contributed by atoms with van der Waals surface area (Å²) >= 11 is 1.49. The average molecular weight is 369 g/mol. The van der Waals surface area contributed by atoms with Gasteiger partial charge in [0.1, 0.15) is 0 Å². The van der Waals surface area contributed by atoms with Crippen molar-refractivity contribution in [2.45, 2.75) is 50.5 Å². The zero-order valence-electron chi connectivity index (χ0n) is 13.9. The van der Waals surface area contributed by atoms with Crippen molar-refractivity contribution in [1.29, 1.82) is 0 Å². The van der Waals surface area contributed by atoms with Gasteiger partial charge in [0.05, 0.1) is 10.8 Å². The first-order valence-electron chi connectivity index (χ1n) is 8.87. The molecular weight excluding hydrogens is 344 g/mol. The smallest absolute Gasteiger partial charge is 0.230 e. The van der Waals surface area contributed by atoms with Crippen LogP contribution in [0, 0.1) is 0 Å². The van der Waals surface area contributed by atoms with Gasteiger partial charge in [-0.05, 0) is 62.2 Å². The van der Waals surface area contributed by atoms with Crippen LogP contribution in [0.5, 0.6) is 0 Å². The summed E-state index contributed by atoms with van der Waals surface area (Å²) in [6, 6.07) is 2.32. The largest absolute Gasteiger partial charge is 0.338 e. The van der Waals surface area contributed by atoms with E-state index >= 15 is 0 Å². The van der Waals surface area contributed by atoms with Crippen molar-refractivity contribution in [3.63, 3.8) is 0 Å². The van der Waals surface area contributed by atoms with Crippen molar-refractivity contribution in [3.8, 4) is 0 Å². The molecule has 2 unspecified atom stereocenters. The molecule has 4 nitrogen and oxygen atoms in total. The molecule has 1 aromatic rings. The highest BCUT2D eigenvalue weighted by molar-refractivity contribution is 7.12. The van der Waals surface area contributed by atoms with Gasteiger partial charge in [-0.2, -0.15) is 0 Å². The zero-order chi connectivity index (χ0) is 15.8. The maximum atomic E-state index is 13.2. The van der Waals surface area contributed by atoms with Crippen LogP contribution < -0.4 is 0 Å². The van der Waals surface area contributed by atoms with Crippen LogP contribution in [0.15, 0.2) is 11.4 Å². The first kappa shape index (κ1) is 17.9. The van der Waals surface area contributed by atoms with Crippen molar-refractivity contribution >= 4 is 35.4 Å². The summed E-state index contributed by atoms with van der Waals surface area (Å²) < 4.78 is 0. The summed E-state index contributed by atoms with van der Waals surface area (Å²) in [5, 5.41) is 1.94. The molecule has 6 heteroatoms. The summed E-state index contributed by atoms with van der Waals surface area (Å²) in [5.41, 5.74) is 0.982. The van der Waals surface area contributed by atoms with E-state index in [4.69, 9.17) is 0 Å². The molecule has 0 N–H and O–H groups in total. The molecule has 0 aromatic carbocycles. The fraction of sp³-hybridized carbons (Fsp3) is 0.667. The molecule has 3 heterocycles. The highest BCUT2D eigenvalue weighted by Gasteiger charge is 2.40. The molecule has 1 aliphatic carbocycles. The number of halogens is 1. The predicted molar refractivity (Wildman–Crippen MR) is 98.3 cm³/mol. The second-order valence-electron chi connectivity index (χ2n) is 7.07. The molecule has 0 bridgehead atoms. The molecule has 0 radical (unpaired) electrons. The lowest BCUT2D eigenvalue weighted by atomic mass is 9.96. The van der Waals surface area contributed by atoms with Crippen LogP contribution in [0.1, 0.15) is 59.7 Å². The van der Waals surface area contributed by atoms with Crippen LogP contribution >= 0.6 is 23.7 Å². The number of hydrogen-bond donors (Lipinski definition) is 0. The number of fused-ring (bicyclic) bond motifs is 1. The van der Waals surface area contributed by atoms with Gasteiger partial charge in [0.2, 0.25) is 5.91 Å². The number of Topliss-reactive ketones (excluding diaryl/α,β-unsaturated/α-hetero) is 1. The average Bonchev–Trinajstić information content (AvgIpc) is 3.27. The standard InChI is InChI=1S/C18H24N2O2S.ClH/c21-16-11-15(14-6-10-23-17(14)16)18(22)20-9-2-1-5-13(20)12-19-7-3-4-8-19;/h6,10,13,15H,1-5,7-9,11-12H2;1H. The molecule has 2 fully saturated rings. The number of rotatable bonds is 3. The van der Waals surface area contributed by atoms with Crippen LogP contribution in [0.2, 0.25) is 0 Å². The Balaban J connectivity index is 0.00000169. The van der Waals surface area contributed by atoms with Crippen LogP contribution in [0.25, 0.3) is 0 Å². The van der Waals surface area contributed by atoms with Crippen molar-refractivity contribution in [2.24, 2.45) is 0 Å². The van der Waals surface area contributed by atoms with Crippen molar-refractivity contribution in [3.05, 3.63) is 21.9 Å². The molecule has 132 valence electrons. The third-order valence-electron chi connectivity index (χ3n) is 5.59. The minimum absolute atomic E-state index is 0. The summed E-state index contributed by atoms with van der Waals surface area (Å²) in [4.78, 5) is 30.7. The maximum Gasteiger partial charge on any atom is 0.230 e. The maximum absolute atomic E-state index is 13.2. The van der Waals surface area contributed by atoms with E-state index in [9.17, 15) is 9.59 Å². The lowest BCUT2D eigenvalue weighted by molar-refractivity contribution is -0.136. The van der Waals surface area contributed by atoms with E-state index in [0.29, 0.717) is 12.5 Å². The Morgan fingerprint density at radius 3 is 2.71 bits per heavy atom. The number of amides is 1. The second-order valence-corrected chi connectivity index (χ2v) is 7.99. The number of carbonyl (C=O) groups is 2. The fourth-order valence-corrected chi connectivity index (χ4v) is 5.28. The van der Waals surface area contributed by atoms with Gasteiger partial charge in [-0.3, -0.25) is 9.59 Å². The van der Waals surface area contributed by atoms with Gasteiger partial charge in [-0.15, -0.1) is 23.7 Å². The molecule has 0 spiro atoms. The fourth-order valence-electron chi connectivity index (χ4n) is 4.37. The summed E-state index contributed by atoms with van der Waals surface area (Å²) in [5.74, 6) is 0.128. The van der Waals surface area contributed by atoms with Crippen molar-refractivity contribution < 1.29 is 9.59 Å². The normalized spacial score (nSPS) is 27.2. The molecule has 2 aliphatic heterocycles. The number of hydrogen-bond acceptors (Lipinski definition) is 4. The first-order chi connectivity index (χ1) is 11.2. The van der Waals surface area contributed by atoms with E-state index < -0.39 is 0 Å². The number of thiophene rings is 1. The SMILES string of the molecule is Cl.O=C1CC(C(=O)N2CCCCC2CN2CCCC2)c2ccsc21. The van der Waals surface area contributed by atoms with Gasteiger partial charge in [-0.1, -0.05) is 0 Å². The lowest BCUT2D eigenvalue weighted by Gasteiger charge is -2.39. The van der Waals surface area contributed by atoms with Crippen LogP contribution in [0.4, 0.5) is 0 Å². The molecule has 24 heavy (non-hydrogen) atoms. The minimum Gasteiger partial charge on any atom is -0.338 e. The van der Waals surface area contributed by atoms with Crippen LogP contribution in [-0.2, 0) is 4.79 Å². The third-order valence-corrected chi connectivity index (χ3v) is 6.56. The summed E-state index contributed by atoms with van der Waals surface area (Å²) in [6.07, 6.45) is 6.38. The van der Waals surface area contributed by atoms with Crippen molar-refractivity contribution in [1.82, 2.24) is 9.80 Å². The van der Waals surface area contributed by atoms with E-state index in [1.54, 1.807) is 0 Å². The Morgan fingerprint density at radius 2 is 1.92 bits per heavy atom. The molecule has 1 amide bonds. The van der Waals surface area contributed by atoms with Gasteiger partial charge in [-0.25, -0.2) is 0 Å². The Morgan fingerprint density at radius 1 is 1.17 bits per heavy atom. The molecule has 4 rings (SSSR count). The summed E-state index contributed by atoms with van der Waals surface area (Å²) in [6.45, 7) is 4.23. The van der Waals surface area contributed by atoms with Gasteiger partial charge in [0.15, 0.2) is 5.78 Å². The Bertz CT molecular complexity index is 612. The minimum atomic E-state index is -0.220. The number of nitrogens with zero attached hydrogens (tertiary/aromatic N) is 2. The number of carbonyl (C=O) groups excluding carboxylic acids is 2. The Hall–Kier alpha value is -0.910. The van der Waals surface area contributed by atoms with E-state index in [2.05, 4.69) is 9.80 Å². The van der Waals surface area contributed by atoms with E-state index in [-0.39, 0.29) is 30.0 Å². The molecule has 2 saturated heterocycles. The first-order valence-corrected chi connectivity index (χ1v) is 9.75. The molecule has 0 saturated carbocycles. The lowest BCUT2D eigenvalue weighted by Crippen LogP contribution is -2.50. The van der Waals surface area contributed by atoms with E-state index in [1.165, 1.54) is 43.7 Å². The number of ketones is 1. The highest BCUT2D eigenvalue weighted by atomic mass is 35.5. The Labute approximate surface area is 153 Å². The van der Waals surface area contributed by atoms with Gasteiger partial charge in [0.25, 0.3) is 0 Å². The quantitative estimate of drug-likeness (QED) is 0.821. The molecule has 1 aromatic heterocycles. The third kappa shape index (κ3) is 3.26. The molecule has 3 aliphatic rings. The van der Waals surface area contributed by atoms with E-state index in [1.807, 2.05) is 11.4 Å². The highest BCUT2D eigenvalue weighted by Crippen LogP contribution is 2.38. The van der Waals surface area contributed by atoms with Gasteiger partial charge >= 0.3 is 0 Å². The number of likely N-dealkylation sites (tertiary alicyclic amines) is 2. The molecule has 2 atom stereocenters. The summed E-state index contributed by atoms with van der Waals surface area (Å²) in [7, 11) is 0.